The predicted molar refractivity (Wildman–Crippen MR) is 95.3 cm³/mol. The molecule has 0 saturated carbocycles. The summed E-state index contributed by atoms with van der Waals surface area (Å²) in [6.07, 6.45) is 1.64. The minimum atomic E-state index is -0.251. The van der Waals surface area contributed by atoms with Crippen molar-refractivity contribution in [1.82, 2.24) is 10.2 Å². The van der Waals surface area contributed by atoms with Gasteiger partial charge in [-0.2, -0.15) is 0 Å². The van der Waals surface area contributed by atoms with Gasteiger partial charge in [-0.3, -0.25) is 4.79 Å². The third-order valence-corrected chi connectivity index (χ3v) is 4.37. The number of ether oxygens (including phenoxy) is 3. The fraction of sp³-hybridized carbons (Fsp3) is 0.556. The van der Waals surface area contributed by atoms with Crippen LogP contribution in [0.5, 0.6) is 5.75 Å². The van der Waals surface area contributed by atoms with E-state index in [0.717, 1.165) is 12.8 Å². The van der Waals surface area contributed by atoms with Crippen molar-refractivity contribution in [3.05, 3.63) is 24.3 Å². The maximum atomic E-state index is 12.1. The zero-order chi connectivity index (χ0) is 18.2. The van der Waals surface area contributed by atoms with Crippen LogP contribution in [0.2, 0.25) is 0 Å². The Bertz CT molecular complexity index is 613. The van der Waals surface area contributed by atoms with Gasteiger partial charge < -0.3 is 29.7 Å². The normalized spacial score (nSPS) is 18.2. The third-order valence-electron chi connectivity index (χ3n) is 4.37. The molecule has 2 N–H and O–H groups in total. The summed E-state index contributed by atoms with van der Waals surface area (Å²) < 4.78 is 16.1. The lowest BCUT2D eigenvalue weighted by Gasteiger charge is -2.26. The Kier molecular flexibility index (Phi) is 6.68. The quantitative estimate of drug-likeness (QED) is 0.821. The maximum absolute atomic E-state index is 12.1. The zero-order valence-corrected chi connectivity index (χ0v) is 14.7. The van der Waals surface area contributed by atoms with Crippen molar-refractivity contribution >= 4 is 17.6 Å². The molecule has 2 saturated heterocycles. The van der Waals surface area contributed by atoms with Gasteiger partial charge in [0.25, 0.3) is 5.91 Å². The molecule has 0 atom stereocenters. The van der Waals surface area contributed by atoms with E-state index in [0.29, 0.717) is 51.0 Å². The van der Waals surface area contributed by atoms with Gasteiger partial charge in [-0.05, 0) is 25.0 Å². The summed E-state index contributed by atoms with van der Waals surface area (Å²) in [5.74, 6) is 0.472. The Balaban J connectivity index is 1.46. The number of anilines is 1. The predicted octanol–water partition coefficient (Wildman–Crippen LogP) is 1.22. The lowest BCUT2D eigenvalue weighted by atomic mass is 10.1. The second kappa shape index (κ2) is 9.40. The van der Waals surface area contributed by atoms with Gasteiger partial charge in [0, 0.05) is 44.1 Å². The van der Waals surface area contributed by atoms with Gasteiger partial charge in [0.2, 0.25) is 0 Å². The van der Waals surface area contributed by atoms with Crippen molar-refractivity contribution in [1.29, 1.82) is 0 Å². The average molecular weight is 363 g/mol. The summed E-state index contributed by atoms with van der Waals surface area (Å²) in [6, 6.07) is 6.90. The molecule has 0 unspecified atom stereocenters. The lowest BCUT2D eigenvalue weighted by molar-refractivity contribution is -0.137. The van der Waals surface area contributed by atoms with Crippen LogP contribution in [-0.2, 0) is 14.3 Å². The Morgan fingerprint density at radius 3 is 2.62 bits per heavy atom. The van der Waals surface area contributed by atoms with Crippen LogP contribution in [-0.4, -0.2) is 69.0 Å². The largest absolute Gasteiger partial charge is 0.484 e. The second-order valence-electron chi connectivity index (χ2n) is 6.29. The molecule has 8 nitrogen and oxygen atoms in total. The molecule has 3 amide bonds. The van der Waals surface area contributed by atoms with Crippen LogP contribution in [0.4, 0.5) is 10.5 Å². The fourth-order valence-electron chi connectivity index (χ4n) is 2.91. The number of nitrogens with one attached hydrogen (secondary N) is 2. The van der Waals surface area contributed by atoms with Crippen LogP contribution in [0.1, 0.15) is 12.8 Å². The van der Waals surface area contributed by atoms with Crippen molar-refractivity contribution in [3.8, 4) is 5.75 Å². The number of carbonyl (C=O) groups is 2. The number of rotatable bonds is 5. The number of urea groups is 1. The molecule has 0 bridgehead atoms. The molecule has 8 heteroatoms. The molecule has 0 aromatic heterocycles. The van der Waals surface area contributed by atoms with E-state index in [1.54, 1.807) is 29.2 Å². The smallest absolute Gasteiger partial charge is 0.319 e. The van der Waals surface area contributed by atoms with Crippen LogP contribution < -0.4 is 15.4 Å². The number of benzene rings is 1. The van der Waals surface area contributed by atoms with Gasteiger partial charge in [0.05, 0.1) is 13.2 Å². The first-order valence-electron chi connectivity index (χ1n) is 8.94. The van der Waals surface area contributed by atoms with Crippen molar-refractivity contribution in [3.63, 3.8) is 0 Å². The van der Waals surface area contributed by atoms with Gasteiger partial charge in [0.15, 0.2) is 6.61 Å². The molecule has 0 aliphatic carbocycles. The minimum absolute atomic E-state index is 0.0300. The highest BCUT2D eigenvalue weighted by Crippen LogP contribution is 2.18. The van der Waals surface area contributed by atoms with Crippen molar-refractivity contribution in [2.45, 2.75) is 18.9 Å². The van der Waals surface area contributed by atoms with Crippen LogP contribution in [0.25, 0.3) is 0 Å². The van der Waals surface area contributed by atoms with Gasteiger partial charge >= 0.3 is 6.03 Å². The summed E-state index contributed by atoms with van der Waals surface area (Å²) in [4.78, 5) is 25.9. The highest BCUT2D eigenvalue weighted by atomic mass is 16.5. The molecule has 2 fully saturated rings. The Hall–Kier alpha value is -2.32. The van der Waals surface area contributed by atoms with Gasteiger partial charge in [-0.1, -0.05) is 6.07 Å². The number of nitrogens with zero attached hydrogens (tertiary/aromatic N) is 1. The highest BCUT2D eigenvalue weighted by Gasteiger charge is 2.18. The average Bonchev–Trinajstić information content (AvgIpc) is 2.68. The molecule has 2 aliphatic rings. The molecular formula is C18H25N3O5. The van der Waals surface area contributed by atoms with Gasteiger partial charge in [-0.15, -0.1) is 0 Å². The molecule has 26 heavy (non-hydrogen) atoms. The second-order valence-corrected chi connectivity index (χ2v) is 6.29. The first-order chi connectivity index (χ1) is 12.7. The van der Waals surface area contributed by atoms with E-state index in [2.05, 4.69) is 10.6 Å². The topological polar surface area (TPSA) is 89.1 Å². The fourth-order valence-corrected chi connectivity index (χ4v) is 2.91. The number of amides is 3. The Morgan fingerprint density at radius 2 is 1.85 bits per heavy atom. The number of carbonyl (C=O) groups excluding carboxylic acids is 2. The zero-order valence-electron chi connectivity index (χ0n) is 14.7. The first kappa shape index (κ1) is 18.5. The Morgan fingerprint density at radius 1 is 1.12 bits per heavy atom. The first-order valence-corrected chi connectivity index (χ1v) is 8.94. The molecule has 1 aromatic rings. The van der Waals surface area contributed by atoms with E-state index in [-0.39, 0.29) is 24.6 Å². The number of morpholine rings is 1. The summed E-state index contributed by atoms with van der Waals surface area (Å²) in [5, 5.41) is 5.73. The summed E-state index contributed by atoms with van der Waals surface area (Å²) in [5.41, 5.74) is 0.617. The van der Waals surface area contributed by atoms with E-state index in [1.807, 2.05) is 0 Å². The highest BCUT2D eigenvalue weighted by molar-refractivity contribution is 5.89. The van der Waals surface area contributed by atoms with E-state index in [9.17, 15) is 9.59 Å². The maximum Gasteiger partial charge on any atom is 0.319 e. The van der Waals surface area contributed by atoms with E-state index < -0.39 is 0 Å². The van der Waals surface area contributed by atoms with Crippen LogP contribution in [0, 0.1) is 0 Å². The summed E-state index contributed by atoms with van der Waals surface area (Å²) in [7, 11) is 0. The standard InChI is InChI=1S/C18H25N3O5/c22-17(21-6-10-25-11-7-21)13-26-16-3-1-2-15(12-16)20-18(23)19-14-4-8-24-9-5-14/h1-3,12,14H,4-11,13H2,(H2,19,20,23). The van der Waals surface area contributed by atoms with Crippen LogP contribution >= 0.6 is 0 Å². The number of hydrogen-bond acceptors (Lipinski definition) is 5. The van der Waals surface area contributed by atoms with Crippen molar-refractivity contribution < 1.29 is 23.8 Å². The van der Waals surface area contributed by atoms with Gasteiger partial charge in [0.1, 0.15) is 5.75 Å². The molecule has 0 spiro atoms. The van der Waals surface area contributed by atoms with E-state index >= 15 is 0 Å². The third kappa shape index (κ3) is 5.60. The number of hydrogen-bond donors (Lipinski definition) is 2. The molecule has 2 aliphatic heterocycles. The summed E-state index contributed by atoms with van der Waals surface area (Å²) in [6.45, 7) is 3.63. The molecular weight excluding hydrogens is 338 g/mol. The van der Waals surface area contributed by atoms with Crippen LogP contribution in [0.3, 0.4) is 0 Å². The molecule has 0 radical (unpaired) electrons. The molecule has 3 rings (SSSR count). The molecule has 142 valence electrons. The molecule has 2 heterocycles. The molecule has 1 aromatic carbocycles. The van der Waals surface area contributed by atoms with Crippen molar-refractivity contribution in [2.75, 3.05) is 51.4 Å². The van der Waals surface area contributed by atoms with Crippen molar-refractivity contribution in [2.24, 2.45) is 0 Å². The lowest BCUT2D eigenvalue weighted by Crippen LogP contribution is -2.43. The van der Waals surface area contributed by atoms with E-state index in [1.165, 1.54) is 0 Å². The van der Waals surface area contributed by atoms with Crippen LogP contribution in [0.15, 0.2) is 24.3 Å². The van der Waals surface area contributed by atoms with Gasteiger partial charge in [-0.25, -0.2) is 4.79 Å². The monoisotopic (exact) mass is 363 g/mol. The summed E-state index contributed by atoms with van der Waals surface area (Å²) >= 11 is 0. The van der Waals surface area contributed by atoms with E-state index in [4.69, 9.17) is 14.2 Å². The Labute approximate surface area is 152 Å². The minimum Gasteiger partial charge on any atom is -0.484 e. The SMILES string of the molecule is O=C(Nc1cccc(OCC(=O)N2CCOCC2)c1)NC1CCOCC1.